The van der Waals surface area contributed by atoms with E-state index in [0.717, 1.165) is 11.3 Å². The molecule has 1 nitrogen and oxygen atoms in total. The van der Waals surface area contributed by atoms with Crippen LogP contribution in [0, 0.1) is 0 Å². The maximum absolute atomic E-state index is 5.74. The fraction of sp³-hybridized carbons (Fsp3) is 0.0638. The van der Waals surface area contributed by atoms with Gasteiger partial charge in [-0.25, -0.2) is 0 Å². The van der Waals surface area contributed by atoms with Gasteiger partial charge in [0.25, 0.3) is 0 Å². The minimum Gasteiger partial charge on any atom is -1.00 e. The summed E-state index contributed by atoms with van der Waals surface area (Å²) in [6, 6.07) is 70.7. The van der Waals surface area contributed by atoms with Gasteiger partial charge in [0.1, 0.15) is 52.1 Å². The van der Waals surface area contributed by atoms with E-state index in [1.54, 1.807) is 25.3 Å². The molecular weight excluding hydrogens is 838 g/mol. The van der Waals surface area contributed by atoms with E-state index in [1.165, 1.54) is 31.8 Å². The Morgan fingerprint density at radius 3 is 0.887 bits per heavy atom. The minimum atomic E-state index is -1.53. The van der Waals surface area contributed by atoms with Crippen molar-refractivity contribution in [1.82, 2.24) is 0 Å². The van der Waals surface area contributed by atoms with Crippen LogP contribution in [-0.2, 0) is 0 Å². The van der Waals surface area contributed by atoms with E-state index in [0.29, 0.717) is 5.02 Å². The van der Waals surface area contributed by atoms with E-state index < -0.39 is 14.5 Å². The molecule has 7 aromatic rings. The standard InChI is InChI=1S/2C19H18P.C9H9ClO.2BrH/c2*1-20(17-11-5-2-6-12-17,18-13-7-3-8-14-18)19-15-9-4-10-16-19;1-3-7-4-5-8(10)6-9(7)11-2;;/h2*2-16H,1H3;3-6H,1H2,2H3;2*1H/q2*+1;;;/p-2. The van der Waals surface area contributed by atoms with Crippen LogP contribution >= 0.6 is 26.1 Å². The van der Waals surface area contributed by atoms with Gasteiger partial charge >= 0.3 is 0 Å². The van der Waals surface area contributed by atoms with Crippen LogP contribution in [-0.4, -0.2) is 20.4 Å². The summed E-state index contributed by atoms with van der Waals surface area (Å²) < 4.78 is 5.06. The monoisotopic (exact) mass is 880 g/mol. The molecule has 0 saturated heterocycles. The molecule has 0 N–H and O–H groups in total. The van der Waals surface area contributed by atoms with Crippen LogP contribution in [0.3, 0.4) is 0 Å². The van der Waals surface area contributed by atoms with Gasteiger partial charge in [-0.05, 0) is 91.0 Å². The van der Waals surface area contributed by atoms with Gasteiger partial charge in [0.05, 0.1) is 20.4 Å². The van der Waals surface area contributed by atoms with Gasteiger partial charge in [-0.2, -0.15) is 0 Å². The lowest BCUT2D eigenvalue weighted by Crippen LogP contribution is -3.00. The zero-order valence-electron chi connectivity index (χ0n) is 30.3. The van der Waals surface area contributed by atoms with Gasteiger partial charge in [-0.15, -0.1) is 0 Å². The van der Waals surface area contributed by atoms with Crippen LogP contribution in [0.15, 0.2) is 207 Å². The Balaban J connectivity index is 0.000000219. The summed E-state index contributed by atoms with van der Waals surface area (Å²) in [4.78, 5) is 0. The van der Waals surface area contributed by atoms with Crippen LogP contribution in [0.5, 0.6) is 5.75 Å². The predicted molar refractivity (Wildman–Crippen MR) is 230 cm³/mol. The normalized spacial score (nSPS) is 10.4. The molecule has 270 valence electrons. The van der Waals surface area contributed by atoms with Crippen LogP contribution < -0.4 is 70.5 Å². The van der Waals surface area contributed by atoms with E-state index in [-0.39, 0.29) is 34.0 Å². The molecule has 0 spiro atoms. The van der Waals surface area contributed by atoms with Gasteiger partial charge < -0.3 is 38.7 Å². The fourth-order valence-corrected chi connectivity index (χ4v) is 12.7. The Labute approximate surface area is 344 Å². The predicted octanol–water partition coefficient (Wildman–Crippen LogP) is 4.22. The summed E-state index contributed by atoms with van der Waals surface area (Å²) in [5.74, 6) is 0.757. The lowest BCUT2D eigenvalue weighted by Gasteiger charge is -2.22. The highest BCUT2D eigenvalue weighted by molar-refractivity contribution is 7.95. The quantitative estimate of drug-likeness (QED) is 0.208. The fourth-order valence-electron chi connectivity index (χ4n) is 6.10. The van der Waals surface area contributed by atoms with Gasteiger partial charge in [0, 0.05) is 10.6 Å². The number of hydrogen-bond acceptors (Lipinski definition) is 1. The van der Waals surface area contributed by atoms with E-state index >= 15 is 0 Å². The Kier molecular flexibility index (Phi) is 17.9. The molecule has 0 aromatic heterocycles. The van der Waals surface area contributed by atoms with Gasteiger partial charge in [-0.1, -0.05) is 133 Å². The molecule has 0 aliphatic heterocycles. The molecule has 7 rings (SSSR count). The van der Waals surface area contributed by atoms with Crippen LogP contribution in [0.2, 0.25) is 5.02 Å². The third-order valence-corrected chi connectivity index (χ3v) is 17.3. The number of ether oxygens (including phenoxy) is 1. The Hall–Kier alpha value is -3.81. The Morgan fingerprint density at radius 1 is 0.434 bits per heavy atom. The van der Waals surface area contributed by atoms with Gasteiger partial charge in [0.15, 0.2) is 0 Å². The summed E-state index contributed by atoms with van der Waals surface area (Å²) >= 11 is 5.74. The molecule has 0 atom stereocenters. The zero-order chi connectivity index (χ0) is 35.9. The van der Waals surface area contributed by atoms with E-state index in [4.69, 9.17) is 16.3 Å². The lowest BCUT2D eigenvalue weighted by atomic mass is 10.2. The third kappa shape index (κ3) is 10.9. The first-order valence-corrected chi connectivity index (χ1v) is 21.8. The number of hydrogen-bond donors (Lipinski definition) is 0. The summed E-state index contributed by atoms with van der Waals surface area (Å²) in [5.41, 5.74) is 0.955. The van der Waals surface area contributed by atoms with Crippen molar-refractivity contribution in [2.24, 2.45) is 0 Å². The first kappa shape index (κ1) is 43.6. The zero-order valence-corrected chi connectivity index (χ0v) is 36.0. The molecule has 53 heavy (non-hydrogen) atoms. The molecule has 0 radical (unpaired) electrons. The number of rotatable bonds is 8. The summed E-state index contributed by atoms with van der Waals surface area (Å²) in [6.45, 7) is 8.47. The molecule has 0 fully saturated rings. The van der Waals surface area contributed by atoms with Crippen molar-refractivity contribution >= 4 is 64.0 Å². The molecule has 0 amide bonds. The molecule has 0 unspecified atom stereocenters. The van der Waals surface area contributed by atoms with Crippen molar-refractivity contribution in [3.8, 4) is 5.75 Å². The van der Waals surface area contributed by atoms with Crippen LogP contribution in [0.4, 0.5) is 0 Å². The molecule has 0 saturated carbocycles. The van der Waals surface area contributed by atoms with Crippen molar-refractivity contribution in [2.45, 2.75) is 0 Å². The second kappa shape index (κ2) is 21.8. The molecule has 0 aliphatic rings. The minimum absolute atomic E-state index is 0. The molecule has 6 heteroatoms. The van der Waals surface area contributed by atoms with Gasteiger partial charge in [-0.3, -0.25) is 0 Å². The maximum Gasteiger partial charge on any atom is 0.127 e. The summed E-state index contributed by atoms with van der Waals surface area (Å²) in [6.07, 6.45) is 1.73. The van der Waals surface area contributed by atoms with Crippen molar-refractivity contribution in [3.63, 3.8) is 0 Å². The summed E-state index contributed by atoms with van der Waals surface area (Å²) in [7, 11) is -1.44. The van der Waals surface area contributed by atoms with E-state index in [2.05, 4.69) is 202 Å². The second-order valence-electron chi connectivity index (χ2n) is 12.1. The lowest BCUT2D eigenvalue weighted by molar-refractivity contribution is -0.00100. The van der Waals surface area contributed by atoms with Crippen LogP contribution in [0.1, 0.15) is 5.56 Å². The first-order chi connectivity index (χ1) is 24.9. The molecule has 7 aromatic carbocycles. The van der Waals surface area contributed by atoms with Crippen molar-refractivity contribution in [1.29, 1.82) is 0 Å². The summed E-state index contributed by atoms with van der Waals surface area (Å²) in [5, 5.41) is 9.24. The number of methoxy groups -OCH3 is 1. The highest BCUT2D eigenvalue weighted by atomic mass is 79.9. The highest BCUT2D eigenvalue weighted by Gasteiger charge is 2.40. The third-order valence-electron chi connectivity index (χ3n) is 9.05. The number of benzene rings is 7. The Morgan fingerprint density at radius 2 is 0.679 bits per heavy atom. The molecule has 0 heterocycles. The molecule has 0 aliphatic carbocycles. The van der Waals surface area contributed by atoms with E-state index in [1.807, 2.05) is 6.07 Å². The van der Waals surface area contributed by atoms with Crippen molar-refractivity contribution in [2.75, 3.05) is 20.4 Å². The van der Waals surface area contributed by atoms with E-state index in [9.17, 15) is 0 Å². The average molecular weight is 883 g/mol. The SMILES string of the molecule is C=Cc1ccc(Cl)cc1OC.C[P+](c1ccccc1)(c1ccccc1)c1ccccc1.C[P+](c1ccccc1)(c1ccccc1)c1ccccc1.[Br-].[Br-]. The van der Waals surface area contributed by atoms with Crippen LogP contribution in [0.25, 0.3) is 6.08 Å². The first-order valence-electron chi connectivity index (χ1n) is 16.9. The van der Waals surface area contributed by atoms with Crippen molar-refractivity contribution < 1.29 is 38.7 Å². The number of halogens is 3. The van der Waals surface area contributed by atoms with Crippen molar-refractivity contribution in [3.05, 3.63) is 217 Å². The second-order valence-corrected chi connectivity index (χ2v) is 19.7. The molecular formula is C47H45Br2ClOP2. The Bertz CT molecular complexity index is 1750. The topological polar surface area (TPSA) is 9.23 Å². The molecule has 0 bridgehead atoms. The highest BCUT2D eigenvalue weighted by Crippen LogP contribution is 2.52. The smallest absolute Gasteiger partial charge is 0.127 e. The largest absolute Gasteiger partial charge is 1.00 e. The van der Waals surface area contributed by atoms with Gasteiger partial charge in [0.2, 0.25) is 0 Å². The average Bonchev–Trinajstić information content (AvgIpc) is 3.22. The maximum atomic E-state index is 5.74.